The second kappa shape index (κ2) is 20.5. The van der Waals surface area contributed by atoms with Gasteiger partial charge in [0.15, 0.2) is 0 Å². The van der Waals surface area contributed by atoms with Gasteiger partial charge in [0.25, 0.3) is 5.91 Å². The summed E-state index contributed by atoms with van der Waals surface area (Å²) in [5.41, 5.74) is 4.17. The largest absolute Gasteiger partial charge is 0.489 e. The normalized spacial score (nSPS) is 23.1. The third kappa shape index (κ3) is 10.9. The number of aryl methyl sites for hydroxylation is 1. The zero-order valence-corrected chi connectivity index (χ0v) is 43.7. The van der Waals surface area contributed by atoms with Crippen LogP contribution >= 0.6 is 22.9 Å². The number of aromatic nitrogens is 2. The lowest BCUT2D eigenvalue weighted by atomic mass is 9.49. The van der Waals surface area contributed by atoms with Crippen molar-refractivity contribution in [3.8, 4) is 22.3 Å². The van der Waals surface area contributed by atoms with Crippen LogP contribution < -0.4 is 25.6 Å². The molecule has 2 aromatic heterocycles. The molecule has 4 amide bonds. The molecule has 18 heteroatoms. The van der Waals surface area contributed by atoms with E-state index in [1.807, 2.05) is 76.5 Å². The van der Waals surface area contributed by atoms with Gasteiger partial charge >= 0.3 is 0 Å². The van der Waals surface area contributed by atoms with E-state index >= 15 is 0 Å². The number of ether oxygens (including phenoxy) is 1. The lowest BCUT2D eigenvalue weighted by Gasteiger charge is -2.63. The van der Waals surface area contributed by atoms with Crippen molar-refractivity contribution in [2.75, 3.05) is 57.3 Å². The molecule has 5 heterocycles. The average molecular weight is 1010 g/mol. The van der Waals surface area contributed by atoms with E-state index in [1.165, 1.54) is 4.90 Å². The number of anilines is 1. The van der Waals surface area contributed by atoms with Crippen LogP contribution in [0.15, 0.2) is 66.3 Å². The van der Waals surface area contributed by atoms with Crippen LogP contribution in [0, 0.1) is 34.5 Å². The molecule has 1 saturated carbocycles. The Labute approximate surface area is 426 Å². The van der Waals surface area contributed by atoms with Gasteiger partial charge in [-0.1, -0.05) is 84.3 Å². The van der Waals surface area contributed by atoms with Gasteiger partial charge in [-0.05, 0) is 54.7 Å². The van der Waals surface area contributed by atoms with Crippen molar-refractivity contribution >= 4 is 52.4 Å². The average Bonchev–Trinajstić information content (AvgIpc) is 3.93. The number of nitrogens with one attached hydrogen (secondary N) is 3. The van der Waals surface area contributed by atoms with E-state index < -0.39 is 34.4 Å². The lowest BCUT2D eigenvalue weighted by molar-refractivity contribution is -0.164. The van der Waals surface area contributed by atoms with Gasteiger partial charge < -0.3 is 35.6 Å². The number of amides is 4. The molecule has 378 valence electrons. The summed E-state index contributed by atoms with van der Waals surface area (Å²) in [5, 5.41) is 29.6. The number of piperazine rings is 1. The summed E-state index contributed by atoms with van der Waals surface area (Å²) in [6.07, 6.45) is 0.662. The van der Waals surface area contributed by atoms with Gasteiger partial charge in [0.05, 0.1) is 50.9 Å². The van der Waals surface area contributed by atoms with E-state index in [1.54, 1.807) is 35.7 Å². The number of benzene rings is 2. The zero-order valence-electron chi connectivity index (χ0n) is 42.2. The van der Waals surface area contributed by atoms with Crippen LogP contribution in [-0.4, -0.2) is 142 Å². The molecule has 0 spiro atoms. The fourth-order valence-electron chi connectivity index (χ4n) is 11.1. The summed E-state index contributed by atoms with van der Waals surface area (Å²) < 4.78 is 6.38. The summed E-state index contributed by atoms with van der Waals surface area (Å²) in [5.74, 6) is 0.188. The highest BCUT2D eigenvalue weighted by molar-refractivity contribution is 7.13. The van der Waals surface area contributed by atoms with E-state index in [4.69, 9.17) is 16.3 Å². The highest BCUT2D eigenvalue weighted by atomic mass is 35.5. The number of thiazole rings is 1. The fraction of sp³-hybridized carbons (Fsp3) is 0.528. The standard InChI is InChI=1S/C53H67ClN10O6S/c1-31(33-10-12-34(13-11-33)44-32(2)57-30-71-44)58-47(68)41-22-38(65)28-64(41)48(69)45(51(3,4)5)59-43(66)29-61-18-20-62(21-19-61)37-26-63(27-37)42-17-15-36(25-56-42)46(67)60-49-52(6,7)50(53(49,8)9)70-39-16-14-35(24-55)40(54)23-39/h10-17,23,25,30-31,37-38,41,45,49-50,65H,18-22,26-29H2,1-9H3,(H,58,68)(H,59,66)(H,60,67)/t31-,38+,41?,45+,49?,50?/m0/s1. The van der Waals surface area contributed by atoms with Crippen LogP contribution in [0.4, 0.5) is 5.82 Å². The molecule has 8 rings (SSSR count). The first-order valence-corrected chi connectivity index (χ1v) is 25.7. The smallest absolute Gasteiger partial charge is 0.253 e. The minimum absolute atomic E-state index is 0.00562. The maximum absolute atomic E-state index is 14.3. The van der Waals surface area contributed by atoms with Crippen molar-refractivity contribution in [1.29, 1.82) is 5.26 Å². The number of halogens is 1. The number of nitrogens with zero attached hydrogens (tertiary/aromatic N) is 7. The topological polar surface area (TPSA) is 196 Å². The van der Waals surface area contributed by atoms with Crippen molar-refractivity contribution in [3.05, 3.63) is 93.7 Å². The van der Waals surface area contributed by atoms with Gasteiger partial charge in [0.1, 0.15) is 35.8 Å². The summed E-state index contributed by atoms with van der Waals surface area (Å²) in [4.78, 5) is 73.5. The molecule has 4 aromatic rings. The number of nitriles is 1. The SMILES string of the molecule is Cc1ncsc1-c1ccc([C@H](C)NC(=O)C2C[C@@H](O)CN2C(=O)[C@@H](NC(=O)CN2CCN(C3CN(c4ccc(C(=O)NC5C(C)(C)C(Oc6ccc(C#N)c(Cl)c6)C5(C)C)cn4)C3)CC2)C(C)(C)C)cc1. The number of carbonyl (C=O) groups is 4. The number of carbonyl (C=O) groups excluding carboxylic acids is 4. The molecule has 3 saturated heterocycles. The van der Waals surface area contributed by atoms with E-state index in [-0.39, 0.29) is 61.3 Å². The summed E-state index contributed by atoms with van der Waals surface area (Å²) in [7, 11) is 0. The van der Waals surface area contributed by atoms with Crippen molar-refractivity contribution in [2.24, 2.45) is 16.2 Å². The van der Waals surface area contributed by atoms with Crippen LogP contribution in [0.3, 0.4) is 0 Å². The van der Waals surface area contributed by atoms with Crippen LogP contribution in [0.5, 0.6) is 5.75 Å². The molecular formula is C53H67ClN10O6S. The first kappa shape index (κ1) is 51.7. The number of aliphatic hydroxyl groups is 1. The molecular weight excluding hydrogens is 940 g/mol. The Kier molecular flexibility index (Phi) is 14.9. The zero-order chi connectivity index (χ0) is 51.2. The van der Waals surface area contributed by atoms with Gasteiger partial charge in [-0.15, -0.1) is 11.3 Å². The van der Waals surface area contributed by atoms with Crippen molar-refractivity contribution < 1.29 is 29.0 Å². The van der Waals surface area contributed by atoms with E-state index in [0.717, 1.165) is 53.7 Å². The first-order valence-electron chi connectivity index (χ1n) is 24.5. The molecule has 2 aromatic carbocycles. The third-order valence-electron chi connectivity index (χ3n) is 15.0. The third-order valence-corrected chi connectivity index (χ3v) is 16.3. The fourth-order valence-corrected chi connectivity index (χ4v) is 12.1. The highest BCUT2D eigenvalue weighted by Crippen LogP contribution is 2.55. The molecule has 1 aliphatic carbocycles. The van der Waals surface area contributed by atoms with Gasteiger partial charge in [-0.3, -0.25) is 29.0 Å². The predicted octanol–water partition coefficient (Wildman–Crippen LogP) is 5.83. The predicted molar refractivity (Wildman–Crippen MR) is 274 cm³/mol. The van der Waals surface area contributed by atoms with Gasteiger partial charge in [0, 0.05) is 87.4 Å². The van der Waals surface area contributed by atoms with Gasteiger partial charge in [-0.25, -0.2) is 9.97 Å². The molecule has 4 aliphatic rings. The Morgan fingerprint density at radius 1 is 0.958 bits per heavy atom. The van der Waals surface area contributed by atoms with E-state index in [2.05, 4.69) is 74.4 Å². The number of hydrogen-bond donors (Lipinski definition) is 4. The minimum Gasteiger partial charge on any atom is -0.489 e. The molecule has 4 atom stereocenters. The molecule has 3 aliphatic heterocycles. The Bertz CT molecular complexity index is 2630. The van der Waals surface area contributed by atoms with Crippen molar-refractivity contribution in [2.45, 2.75) is 111 Å². The summed E-state index contributed by atoms with van der Waals surface area (Å²) >= 11 is 7.84. The Morgan fingerprint density at radius 3 is 2.24 bits per heavy atom. The molecule has 0 radical (unpaired) electrons. The molecule has 71 heavy (non-hydrogen) atoms. The number of likely N-dealkylation sites (tertiary alicyclic amines) is 1. The molecule has 1 unspecified atom stereocenters. The number of rotatable bonds is 14. The molecule has 0 bridgehead atoms. The number of pyridine rings is 1. The molecule has 16 nitrogen and oxygen atoms in total. The Hall–Kier alpha value is -5.64. The monoisotopic (exact) mass is 1010 g/mol. The Morgan fingerprint density at radius 2 is 1.65 bits per heavy atom. The van der Waals surface area contributed by atoms with Crippen LogP contribution in [0.25, 0.3) is 10.4 Å². The van der Waals surface area contributed by atoms with E-state index in [0.29, 0.717) is 41.0 Å². The molecule has 4 fully saturated rings. The Balaban J connectivity index is 0.776. The number of aliphatic hydroxyl groups excluding tert-OH is 1. The summed E-state index contributed by atoms with van der Waals surface area (Å²) in [6, 6.07) is 16.8. The molecule has 4 N–H and O–H groups in total. The highest BCUT2D eigenvalue weighted by Gasteiger charge is 2.64. The quantitative estimate of drug-likeness (QED) is 0.118. The summed E-state index contributed by atoms with van der Waals surface area (Å²) in [6.45, 7) is 22.5. The number of hydrogen-bond acceptors (Lipinski definition) is 13. The second-order valence-electron chi connectivity index (χ2n) is 22.0. The van der Waals surface area contributed by atoms with E-state index in [9.17, 15) is 29.5 Å². The van der Waals surface area contributed by atoms with Gasteiger partial charge in [0.2, 0.25) is 17.7 Å². The van der Waals surface area contributed by atoms with Gasteiger partial charge in [-0.2, -0.15) is 5.26 Å². The maximum Gasteiger partial charge on any atom is 0.253 e. The number of β-amino-alcohol motifs (C(OH)–C–C–N with tert-alkyl or cyclic N) is 1. The maximum atomic E-state index is 14.3. The second-order valence-corrected chi connectivity index (χ2v) is 23.2. The van der Waals surface area contributed by atoms with Crippen molar-refractivity contribution in [1.82, 2.24) is 40.6 Å². The minimum atomic E-state index is -0.909. The van der Waals surface area contributed by atoms with Crippen LogP contribution in [0.2, 0.25) is 5.02 Å². The van der Waals surface area contributed by atoms with Crippen LogP contribution in [0.1, 0.15) is 95.0 Å². The van der Waals surface area contributed by atoms with Crippen LogP contribution in [-0.2, 0) is 14.4 Å². The lowest BCUT2D eigenvalue weighted by Crippen LogP contribution is -2.74. The first-order chi connectivity index (χ1) is 33.5. The van der Waals surface area contributed by atoms with Crippen molar-refractivity contribution in [3.63, 3.8) is 0 Å².